The SMILES string of the molecule is CS(=O)(=O)CCn1cnc2c(F)c(Cc3ccc(Br)cc3Cl)c(C(=O)COCC3CC3)cc21. The molecule has 0 amide bonds. The first-order valence-corrected chi connectivity index (χ1v) is 13.7. The Morgan fingerprint density at radius 1 is 1.33 bits per heavy atom. The number of hydrogen-bond donors (Lipinski definition) is 0. The number of nitrogens with zero attached hydrogens (tertiary/aromatic N) is 2. The van der Waals surface area contributed by atoms with Gasteiger partial charge in [0.25, 0.3) is 0 Å². The third-order valence-electron chi connectivity index (χ3n) is 5.63. The van der Waals surface area contributed by atoms with E-state index in [2.05, 4.69) is 20.9 Å². The summed E-state index contributed by atoms with van der Waals surface area (Å²) in [5.74, 6) is -0.578. The minimum atomic E-state index is -3.22. The molecule has 0 unspecified atom stereocenters. The van der Waals surface area contributed by atoms with Crippen molar-refractivity contribution in [2.24, 2.45) is 5.92 Å². The van der Waals surface area contributed by atoms with Gasteiger partial charge in [-0.3, -0.25) is 4.79 Å². The van der Waals surface area contributed by atoms with Crippen LogP contribution in [0.15, 0.2) is 35.1 Å². The lowest BCUT2D eigenvalue weighted by Crippen LogP contribution is -2.15. The highest BCUT2D eigenvalue weighted by molar-refractivity contribution is 9.10. The molecule has 1 heterocycles. The van der Waals surface area contributed by atoms with Gasteiger partial charge in [-0.15, -0.1) is 0 Å². The summed E-state index contributed by atoms with van der Waals surface area (Å²) >= 11 is 9.71. The average Bonchev–Trinajstić information content (AvgIpc) is 3.47. The second kappa shape index (κ2) is 9.82. The predicted octanol–water partition coefficient (Wildman–Crippen LogP) is 4.84. The maximum atomic E-state index is 15.7. The quantitative estimate of drug-likeness (QED) is 0.334. The lowest BCUT2D eigenvalue weighted by Gasteiger charge is -2.14. The molecule has 10 heteroatoms. The van der Waals surface area contributed by atoms with Crippen molar-refractivity contribution in [2.75, 3.05) is 25.2 Å². The van der Waals surface area contributed by atoms with Gasteiger partial charge in [-0.05, 0) is 42.5 Å². The van der Waals surface area contributed by atoms with Crippen LogP contribution in [-0.4, -0.2) is 49.0 Å². The maximum Gasteiger partial charge on any atom is 0.188 e. The summed E-state index contributed by atoms with van der Waals surface area (Å²) in [6, 6.07) is 6.88. The van der Waals surface area contributed by atoms with Gasteiger partial charge in [0.1, 0.15) is 22.0 Å². The molecule has 0 spiro atoms. The predicted molar refractivity (Wildman–Crippen MR) is 129 cm³/mol. The Labute approximate surface area is 205 Å². The Bertz CT molecular complexity index is 1320. The van der Waals surface area contributed by atoms with E-state index in [9.17, 15) is 13.2 Å². The standard InChI is InChI=1S/C23H23BrClFN2O4S/c1-33(30,31)7-6-28-13-27-23-20(28)10-17(21(29)12-32-11-14-2-3-14)18(22(23)26)8-15-4-5-16(24)9-19(15)25/h4-5,9-10,13-14H,2-3,6-8,11-12H2,1H3. The summed E-state index contributed by atoms with van der Waals surface area (Å²) in [5.41, 5.74) is 1.51. The summed E-state index contributed by atoms with van der Waals surface area (Å²) in [6.45, 7) is 0.467. The van der Waals surface area contributed by atoms with Crippen LogP contribution < -0.4 is 0 Å². The molecule has 0 radical (unpaired) electrons. The van der Waals surface area contributed by atoms with E-state index in [1.807, 2.05) is 0 Å². The Kier molecular flexibility index (Phi) is 7.23. The number of imidazole rings is 1. The first kappa shape index (κ1) is 24.3. The molecule has 4 rings (SSSR count). The molecule has 6 nitrogen and oxygen atoms in total. The van der Waals surface area contributed by atoms with Crippen LogP contribution in [0.5, 0.6) is 0 Å². The van der Waals surface area contributed by atoms with Crippen LogP contribution in [0.2, 0.25) is 5.02 Å². The van der Waals surface area contributed by atoms with Gasteiger partial charge in [0.05, 0.1) is 24.2 Å². The highest BCUT2D eigenvalue weighted by atomic mass is 79.9. The Balaban J connectivity index is 1.74. The highest BCUT2D eigenvalue weighted by Gasteiger charge is 2.25. The van der Waals surface area contributed by atoms with Crippen molar-refractivity contribution in [1.29, 1.82) is 0 Å². The van der Waals surface area contributed by atoms with Crippen molar-refractivity contribution in [1.82, 2.24) is 9.55 Å². The van der Waals surface area contributed by atoms with Gasteiger partial charge in [0.15, 0.2) is 11.6 Å². The molecule has 0 N–H and O–H groups in total. The molecule has 2 aromatic carbocycles. The van der Waals surface area contributed by atoms with Crippen molar-refractivity contribution in [3.63, 3.8) is 0 Å². The summed E-state index contributed by atoms with van der Waals surface area (Å²) in [6.07, 6.45) is 4.84. The lowest BCUT2D eigenvalue weighted by molar-refractivity contribution is 0.0738. The first-order valence-electron chi connectivity index (χ1n) is 10.5. The van der Waals surface area contributed by atoms with Gasteiger partial charge in [-0.25, -0.2) is 17.8 Å². The second-order valence-corrected chi connectivity index (χ2v) is 12.0. The number of Topliss-reactive ketones (excluding diaryl/α,β-unsaturated/α-hetero) is 1. The Hall–Kier alpha value is -1.81. The van der Waals surface area contributed by atoms with Crippen molar-refractivity contribution in [3.8, 4) is 0 Å². The summed E-state index contributed by atoms with van der Waals surface area (Å²) in [4.78, 5) is 17.2. The summed E-state index contributed by atoms with van der Waals surface area (Å²) in [7, 11) is -3.22. The number of rotatable bonds is 10. The molecule has 1 fully saturated rings. The minimum absolute atomic E-state index is 0.0854. The van der Waals surface area contributed by atoms with Gasteiger partial charge in [-0.2, -0.15) is 0 Å². The molecule has 176 valence electrons. The van der Waals surface area contributed by atoms with E-state index >= 15 is 4.39 Å². The van der Waals surface area contributed by atoms with E-state index in [0.29, 0.717) is 28.6 Å². The van der Waals surface area contributed by atoms with Crippen LogP contribution in [0.4, 0.5) is 4.39 Å². The van der Waals surface area contributed by atoms with E-state index in [1.54, 1.807) is 28.8 Å². The molecule has 1 aliphatic rings. The normalized spacial score (nSPS) is 14.2. The van der Waals surface area contributed by atoms with Gasteiger partial charge < -0.3 is 9.30 Å². The monoisotopic (exact) mass is 556 g/mol. The molecule has 0 aliphatic heterocycles. The van der Waals surface area contributed by atoms with Gasteiger partial charge in [0, 0.05) is 39.8 Å². The largest absolute Gasteiger partial charge is 0.373 e. The van der Waals surface area contributed by atoms with Gasteiger partial charge >= 0.3 is 0 Å². The molecular formula is C23H23BrClFN2O4S. The number of halogens is 3. The summed E-state index contributed by atoms with van der Waals surface area (Å²) < 4.78 is 46.8. The van der Waals surface area contributed by atoms with Crippen molar-refractivity contribution in [2.45, 2.75) is 25.8 Å². The number of aromatic nitrogens is 2. The summed E-state index contributed by atoms with van der Waals surface area (Å²) in [5, 5.41) is 0.450. The molecule has 1 aliphatic carbocycles. The van der Waals surface area contributed by atoms with Crippen LogP contribution in [0.1, 0.15) is 34.3 Å². The second-order valence-electron chi connectivity index (χ2n) is 8.45. The molecule has 3 aromatic rings. The number of ketones is 1. The van der Waals surface area contributed by atoms with Crippen LogP contribution in [0.3, 0.4) is 0 Å². The molecule has 0 bridgehead atoms. The minimum Gasteiger partial charge on any atom is -0.373 e. The highest BCUT2D eigenvalue weighted by Crippen LogP contribution is 2.31. The Morgan fingerprint density at radius 3 is 2.76 bits per heavy atom. The topological polar surface area (TPSA) is 78.3 Å². The van der Waals surface area contributed by atoms with Crippen molar-refractivity contribution in [3.05, 3.63) is 62.6 Å². The van der Waals surface area contributed by atoms with Gasteiger partial charge in [-0.1, -0.05) is 33.6 Å². The average molecular weight is 558 g/mol. The first-order chi connectivity index (χ1) is 15.6. The molecular weight excluding hydrogens is 535 g/mol. The molecule has 0 saturated heterocycles. The van der Waals surface area contributed by atoms with Crippen LogP contribution in [-0.2, 0) is 27.5 Å². The maximum absolute atomic E-state index is 15.7. The van der Waals surface area contributed by atoms with Crippen LogP contribution >= 0.6 is 27.5 Å². The third-order valence-corrected chi connectivity index (χ3v) is 7.40. The van der Waals surface area contributed by atoms with Crippen LogP contribution in [0, 0.1) is 11.7 Å². The Morgan fingerprint density at radius 2 is 2.09 bits per heavy atom. The molecule has 1 aromatic heterocycles. The zero-order valence-electron chi connectivity index (χ0n) is 18.0. The molecule has 33 heavy (non-hydrogen) atoms. The number of carbonyl (C=O) groups excluding carboxylic acids is 1. The fraction of sp³-hybridized carbons (Fsp3) is 0.391. The van der Waals surface area contributed by atoms with Crippen LogP contribution in [0.25, 0.3) is 11.0 Å². The van der Waals surface area contributed by atoms with Crippen molar-refractivity contribution >= 4 is 54.2 Å². The zero-order valence-corrected chi connectivity index (χ0v) is 21.1. The zero-order chi connectivity index (χ0) is 23.8. The number of sulfone groups is 1. The number of benzene rings is 2. The van der Waals surface area contributed by atoms with Crippen molar-refractivity contribution < 1.29 is 22.3 Å². The van der Waals surface area contributed by atoms with E-state index in [-0.39, 0.29) is 47.8 Å². The smallest absolute Gasteiger partial charge is 0.188 e. The van der Waals surface area contributed by atoms with Gasteiger partial charge in [0.2, 0.25) is 0 Å². The van der Waals surface area contributed by atoms with E-state index in [4.69, 9.17) is 16.3 Å². The van der Waals surface area contributed by atoms with E-state index < -0.39 is 15.7 Å². The number of aryl methyl sites for hydroxylation is 1. The number of ether oxygens (including phenoxy) is 1. The molecule has 0 atom stereocenters. The number of carbonyl (C=O) groups is 1. The molecule has 1 saturated carbocycles. The van der Waals surface area contributed by atoms with E-state index in [0.717, 1.165) is 23.6 Å². The number of fused-ring (bicyclic) bond motifs is 1. The third kappa shape index (κ3) is 6.01. The fourth-order valence-corrected chi connectivity index (χ4v) is 4.87. The lowest BCUT2D eigenvalue weighted by atomic mass is 9.95. The fourth-order valence-electron chi connectivity index (χ4n) is 3.60. The number of hydrogen-bond acceptors (Lipinski definition) is 5. The van der Waals surface area contributed by atoms with E-state index in [1.165, 1.54) is 6.33 Å².